The van der Waals surface area contributed by atoms with Crippen molar-refractivity contribution in [3.63, 3.8) is 0 Å². The maximum atomic E-state index is 12.9. The van der Waals surface area contributed by atoms with Gasteiger partial charge in [0.1, 0.15) is 0 Å². The molecule has 2 aromatic carbocycles. The quantitative estimate of drug-likeness (QED) is 0.779. The zero-order chi connectivity index (χ0) is 15.8. The van der Waals surface area contributed by atoms with Crippen molar-refractivity contribution in [2.45, 2.75) is 11.1 Å². The number of hydrogen-bond donors (Lipinski definition) is 0. The summed E-state index contributed by atoms with van der Waals surface area (Å²) in [5.74, 6) is 0. The molecule has 0 aliphatic carbocycles. The fourth-order valence-corrected chi connectivity index (χ4v) is 3.20. The van der Waals surface area contributed by atoms with Crippen molar-refractivity contribution < 1.29 is 21.6 Å². The van der Waals surface area contributed by atoms with Gasteiger partial charge >= 0.3 is 6.18 Å². The number of rotatable bonds is 2. The summed E-state index contributed by atoms with van der Waals surface area (Å²) in [6, 6.07) is 10.5. The number of halogens is 4. The van der Waals surface area contributed by atoms with Crippen LogP contribution in [0.25, 0.3) is 11.1 Å². The van der Waals surface area contributed by atoms with Gasteiger partial charge in [0.05, 0.1) is 10.5 Å². The van der Waals surface area contributed by atoms with Crippen molar-refractivity contribution in [2.75, 3.05) is 6.26 Å². The summed E-state index contributed by atoms with van der Waals surface area (Å²) < 4.78 is 62.1. The van der Waals surface area contributed by atoms with Gasteiger partial charge in [0.2, 0.25) is 0 Å². The molecular formula is C14H9BrF3O2S. The highest BCUT2D eigenvalue weighted by Crippen LogP contribution is 2.38. The van der Waals surface area contributed by atoms with E-state index in [2.05, 4.69) is 22.0 Å². The SMILES string of the molecule is CS(=O)(=O)c1ccc[c]c1-c1ccc(Br)c(C(F)(F)F)c1. The smallest absolute Gasteiger partial charge is 0.224 e. The van der Waals surface area contributed by atoms with E-state index in [9.17, 15) is 21.6 Å². The van der Waals surface area contributed by atoms with Gasteiger partial charge in [0.15, 0.2) is 9.84 Å². The third-order valence-electron chi connectivity index (χ3n) is 2.78. The van der Waals surface area contributed by atoms with Crippen molar-refractivity contribution in [2.24, 2.45) is 0 Å². The molecular weight excluding hydrogens is 369 g/mol. The molecule has 0 N–H and O–H groups in total. The molecule has 2 rings (SSSR count). The Morgan fingerprint density at radius 1 is 1.19 bits per heavy atom. The lowest BCUT2D eigenvalue weighted by Crippen LogP contribution is -2.06. The topological polar surface area (TPSA) is 34.1 Å². The van der Waals surface area contributed by atoms with Gasteiger partial charge in [-0.3, -0.25) is 0 Å². The van der Waals surface area contributed by atoms with E-state index < -0.39 is 21.6 Å². The molecule has 0 spiro atoms. The van der Waals surface area contributed by atoms with Gasteiger partial charge in [-0.15, -0.1) is 0 Å². The second-order valence-electron chi connectivity index (χ2n) is 4.37. The molecule has 0 unspecified atom stereocenters. The second-order valence-corrected chi connectivity index (χ2v) is 7.21. The van der Waals surface area contributed by atoms with Crippen LogP contribution in [0.1, 0.15) is 5.56 Å². The molecule has 0 aliphatic heterocycles. The van der Waals surface area contributed by atoms with E-state index in [4.69, 9.17) is 0 Å². The number of benzene rings is 2. The maximum Gasteiger partial charge on any atom is 0.417 e. The molecule has 1 radical (unpaired) electrons. The Balaban J connectivity index is 2.70. The molecule has 0 atom stereocenters. The van der Waals surface area contributed by atoms with Crippen LogP contribution in [0.2, 0.25) is 0 Å². The van der Waals surface area contributed by atoms with Crippen LogP contribution in [0.3, 0.4) is 0 Å². The van der Waals surface area contributed by atoms with Gasteiger partial charge in [-0.25, -0.2) is 8.42 Å². The third-order valence-corrected chi connectivity index (χ3v) is 4.61. The molecule has 0 aliphatic rings. The van der Waals surface area contributed by atoms with Gasteiger partial charge in [-0.2, -0.15) is 13.2 Å². The third kappa shape index (κ3) is 3.47. The van der Waals surface area contributed by atoms with Gasteiger partial charge in [0, 0.05) is 16.3 Å². The highest BCUT2D eigenvalue weighted by atomic mass is 79.9. The minimum absolute atomic E-state index is 0.0551. The van der Waals surface area contributed by atoms with Crippen LogP contribution in [0.15, 0.2) is 45.8 Å². The first-order chi connectivity index (χ1) is 9.60. The summed E-state index contributed by atoms with van der Waals surface area (Å²) in [6.45, 7) is 0. The summed E-state index contributed by atoms with van der Waals surface area (Å²) in [7, 11) is -3.56. The van der Waals surface area contributed by atoms with Crippen LogP contribution in [0.4, 0.5) is 13.2 Å². The highest BCUT2D eigenvalue weighted by molar-refractivity contribution is 9.10. The molecule has 0 aromatic heterocycles. The molecule has 21 heavy (non-hydrogen) atoms. The Bertz CT molecular complexity index is 783. The van der Waals surface area contributed by atoms with Gasteiger partial charge in [0.25, 0.3) is 0 Å². The van der Waals surface area contributed by atoms with Crippen molar-refractivity contribution in [3.8, 4) is 11.1 Å². The number of sulfone groups is 1. The Morgan fingerprint density at radius 2 is 1.86 bits per heavy atom. The van der Waals surface area contributed by atoms with Crippen LogP contribution in [-0.2, 0) is 16.0 Å². The van der Waals surface area contributed by atoms with Gasteiger partial charge in [-0.1, -0.05) is 34.1 Å². The Labute approximate surface area is 128 Å². The lowest BCUT2D eigenvalue weighted by atomic mass is 10.0. The van der Waals surface area contributed by atoms with Crippen molar-refractivity contribution >= 4 is 25.8 Å². The fourth-order valence-electron chi connectivity index (χ4n) is 1.85. The monoisotopic (exact) mass is 377 g/mol. The molecule has 0 heterocycles. The van der Waals surface area contributed by atoms with Crippen LogP contribution in [0, 0.1) is 6.07 Å². The number of alkyl halides is 3. The minimum atomic E-state index is -4.53. The molecule has 0 amide bonds. The average Bonchev–Trinajstić information content (AvgIpc) is 2.37. The summed E-state index contributed by atoms with van der Waals surface area (Å²) in [5, 5.41) is 0. The summed E-state index contributed by atoms with van der Waals surface area (Å²) >= 11 is 2.85. The Kier molecular flexibility index (Phi) is 4.17. The summed E-state index contributed by atoms with van der Waals surface area (Å²) in [5.41, 5.74) is -0.596. The van der Waals surface area contributed by atoms with Gasteiger partial charge in [-0.05, 0) is 29.8 Å². The predicted octanol–water partition coefficient (Wildman–Crippen LogP) is 4.34. The normalized spacial score (nSPS) is 12.4. The molecule has 0 bridgehead atoms. The predicted molar refractivity (Wildman–Crippen MR) is 76.5 cm³/mol. The zero-order valence-electron chi connectivity index (χ0n) is 10.7. The van der Waals surface area contributed by atoms with E-state index in [1.165, 1.54) is 30.3 Å². The Hall–Kier alpha value is -1.34. The molecule has 111 valence electrons. The zero-order valence-corrected chi connectivity index (χ0v) is 13.1. The second kappa shape index (κ2) is 5.46. The van der Waals surface area contributed by atoms with E-state index in [0.717, 1.165) is 12.3 Å². The van der Waals surface area contributed by atoms with Crippen LogP contribution >= 0.6 is 15.9 Å². The minimum Gasteiger partial charge on any atom is -0.224 e. The van der Waals surface area contributed by atoms with E-state index in [0.29, 0.717) is 0 Å². The first-order valence-electron chi connectivity index (χ1n) is 5.68. The van der Waals surface area contributed by atoms with Gasteiger partial charge < -0.3 is 0 Å². The van der Waals surface area contributed by atoms with Crippen molar-refractivity contribution in [1.29, 1.82) is 0 Å². The average molecular weight is 378 g/mol. The first kappa shape index (κ1) is 16.0. The molecule has 2 aromatic rings. The molecule has 0 fully saturated rings. The Morgan fingerprint density at radius 3 is 2.43 bits per heavy atom. The molecule has 7 heteroatoms. The van der Waals surface area contributed by atoms with Crippen LogP contribution in [0.5, 0.6) is 0 Å². The molecule has 0 saturated heterocycles. The standard InChI is InChI=1S/C14H9BrF3O2S/c1-21(19,20)13-5-3-2-4-10(13)9-6-7-12(15)11(8-9)14(16,17)18/h2-3,5-8H,1H3. The van der Waals surface area contributed by atoms with Crippen molar-refractivity contribution in [3.05, 3.63) is 52.5 Å². The molecule has 0 saturated carbocycles. The fraction of sp³-hybridized carbons (Fsp3) is 0.143. The first-order valence-corrected chi connectivity index (χ1v) is 8.37. The summed E-state index contributed by atoms with van der Waals surface area (Å²) in [6.07, 6.45) is -3.53. The highest BCUT2D eigenvalue weighted by Gasteiger charge is 2.33. The van der Waals surface area contributed by atoms with E-state index in [1.54, 1.807) is 0 Å². The van der Waals surface area contributed by atoms with Crippen LogP contribution in [-0.4, -0.2) is 14.7 Å². The lowest BCUT2D eigenvalue weighted by Gasteiger charge is -2.13. The molecule has 2 nitrogen and oxygen atoms in total. The lowest BCUT2D eigenvalue weighted by molar-refractivity contribution is -0.138. The van der Waals surface area contributed by atoms with Crippen molar-refractivity contribution in [1.82, 2.24) is 0 Å². The van der Waals surface area contributed by atoms with E-state index in [1.807, 2.05) is 0 Å². The van der Waals surface area contributed by atoms with E-state index >= 15 is 0 Å². The largest absolute Gasteiger partial charge is 0.417 e. The van der Waals surface area contributed by atoms with Crippen LogP contribution < -0.4 is 0 Å². The van der Waals surface area contributed by atoms with E-state index in [-0.39, 0.29) is 20.5 Å². The summed E-state index contributed by atoms with van der Waals surface area (Å²) in [4.78, 5) is -0.0551. The number of hydrogen-bond acceptors (Lipinski definition) is 2. The maximum absolute atomic E-state index is 12.9.